The summed E-state index contributed by atoms with van der Waals surface area (Å²) in [6, 6.07) is 6.05. The fourth-order valence-electron chi connectivity index (χ4n) is 1.51. The molecule has 1 heterocycles. The highest BCUT2D eigenvalue weighted by Crippen LogP contribution is 2.21. The lowest BCUT2D eigenvalue weighted by molar-refractivity contribution is 0.411. The van der Waals surface area contributed by atoms with Crippen LogP contribution in [0.2, 0.25) is 0 Å². The van der Waals surface area contributed by atoms with Crippen LogP contribution >= 0.6 is 0 Å². The van der Waals surface area contributed by atoms with E-state index in [1.54, 1.807) is 7.11 Å². The lowest BCUT2D eigenvalue weighted by Gasteiger charge is -2.07. The van der Waals surface area contributed by atoms with Crippen LogP contribution in [0.1, 0.15) is 11.1 Å². The van der Waals surface area contributed by atoms with Crippen molar-refractivity contribution in [3.8, 4) is 11.4 Å². The predicted molar refractivity (Wildman–Crippen MR) is 59.6 cm³/mol. The molecule has 1 aromatic carbocycles. The maximum Gasteiger partial charge on any atom is 0.123 e. The van der Waals surface area contributed by atoms with E-state index >= 15 is 0 Å². The number of aryl methyl sites for hydroxylation is 2. The molecule has 0 aliphatic carbocycles. The van der Waals surface area contributed by atoms with E-state index in [0.717, 1.165) is 22.6 Å². The second-order valence-electron chi connectivity index (χ2n) is 3.62. The summed E-state index contributed by atoms with van der Waals surface area (Å²) in [5.41, 5.74) is 3.30. The van der Waals surface area contributed by atoms with Crippen LogP contribution in [0.25, 0.3) is 5.69 Å². The largest absolute Gasteiger partial charge is 0.496 e. The number of aromatic nitrogens is 2. The highest BCUT2D eigenvalue weighted by molar-refractivity contribution is 5.43. The minimum absolute atomic E-state index is 0.889. The summed E-state index contributed by atoms with van der Waals surface area (Å²) in [5.74, 6) is 0.889. The van der Waals surface area contributed by atoms with Crippen LogP contribution in [-0.2, 0) is 0 Å². The molecule has 0 fully saturated rings. The number of nitrogens with zero attached hydrogens (tertiary/aromatic N) is 2. The molecule has 78 valence electrons. The summed E-state index contributed by atoms with van der Waals surface area (Å²) in [4.78, 5) is 0. The zero-order valence-electron chi connectivity index (χ0n) is 9.19. The van der Waals surface area contributed by atoms with Gasteiger partial charge in [-0.1, -0.05) is 6.07 Å². The molecule has 0 spiro atoms. The topological polar surface area (TPSA) is 27.1 Å². The highest BCUT2D eigenvalue weighted by atomic mass is 16.5. The molecule has 0 N–H and O–H groups in total. The summed E-state index contributed by atoms with van der Waals surface area (Å²) in [6.07, 6.45) is 3.83. The van der Waals surface area contributed by atoms with Gasteiger partial charge >= 0.3 is 0 Å². The van der Waals surface area contributed by atoms with E-state index in [1.807, 2.05) is 49.1 Å². The third-order valence-corrected chi connectivity index (χ3v) is 2.37. The summed E-state index contributed by atoms with van der Waals surface area (Å²) in [5, 5.41) is 4.25. The van der Waals surface area contributed by atoms with Crippen LogP contribution in [0.5, 0.6) is 5.75 Å². The third-order valence-electron chi connectivity index (χ3n) is 2.37. The Morgan fingerprint density at radius 3 is 2.67 bits per heavy atom. The van der Waals surface area contributed by atoms with Crippen molar-refractivity contribution in [2.75, 3.05) is 7.11 Å². The Bertz CT molecular complexity index is 474. The summed E-state index contributed by atoms with van der Waals surface area (Å²) in [7, 11) is 1.68. The first-order valence-electron chi connectivity index (χ1n) is 4.87. The summed E-state index contributed by atoms with van der Waals surface area (Å²) < 4.78 is 7.12. The van der Waals surface area contributed by atoms with E-state index in [4.69, 9.17) is 4.74 Å². The second kappa shape index (κ2) is 3.77. The van der Waals surface area contributed by atoms with Gasteiger partial charge in [0.1, 0.15) is 5.75 Å². The first kappa shape index (κ1) is 9.77. The summed E-state index contributed by atoms with van der Waals surface area (Å²) in [6.45, 7) is 4.05. The Kier molecular flexibility index (Phi) is 2.46. The van der Waals surface area contributed by atoms with Crippen LogP contribution in [0, 0.1) is 13.8 Å². The van der Waals surface area contributed by atoms with Crippen molar-refractivity contribution >= 4 is 0 Å². The van der Waals surface area contributed by atoms with Crippen LogP contribution in [0.15, 0.2) is 30.6 Å². The number of ether oxygens (including phenoxy) is 1. The van der Waals surface area contributed by atoms with Crippen molar-refractivity contribution in [3.05, 3.63) is 41.7 Å². The Balaban J connectivity index is 2.45. The third kappa shape index (κ3) is 1.86. The van der Waals surface area contributed by atoms with Crippen molar-refractivity contribution in [1.82, 2.24) is 9.78 Å². The van der Waals surface area contributed by atoms with E-state index < -0.39 is 0 Å². The molecule has 3 nitrogen and oxygen atoms in total. The standard InChI is InChI=1S/C12H14N2O/c1-9-7-13-14(8-9)11-5-4-10(2)12(6-11)15-3/h4-8H,1-3H3. The van der Waals surface area contributed by atoms with E-state index in [2.05, 4.69) is 5.10 Å². The van der Waals surface area contributed by atoms with Crippen molar-refractivity contribution in [1.29, 1.82) is 0 Å². The van der Waals surface area contributed by atoms with E-state index in [1.165, 1.54) is 0 Å². The molecule has 0 bridgehead atoms. The maximum atomic E-state index is 5.27. The molecule has 0 atom stereocenters. The molecule has 15 heavy (non-hydrogen) atoms. The zero-order chi connectivity index (χ0) is 10.8. The summed E-state index contributed by atoms with van der Waals surface area (Å²) >= 11 is 0. The van der Waals surface area contributed by atoms with Gasteiger partial charge in [-0.05, 0) is 31.0 Å². The average Bonchev–Trinajstić information content (AvgIpc) is 2.66. The van der Waals surface area contributed by atoms with Crippen molar-refractivity contribution in [3.63, 3.8) is 0 Å². The Labute approximate surface area is 89.3 Å². The Morgan fingerprint density at radius 1 is 1.27 bits per heavy atom. The van der Waals surface area contributed by atoms with E-state index in [-0.39, 0.29) is 0 Å². The minimum atomic E-state index is 0.889. The fourth-order valence-corrected chi connectivity index (χ4v) is 1.51. The second-order valence-corrected chi connectivity index (χ2v) is 3.62. The maximum absolute atomic E-state index is 5.27. The molecule has 2 rings (SSSR count). The van der Waals surface area contributed by atoms with Crippen LogP contribution in [0.3, 0.4) is 0 Å². The van der Waals surface area contributed by atoms with E-state index in [9.17, 15) is 0 Å². The number of rotatable bonds is 2. The Morgan fingerprint density at radius 2 is 2.07 bits per heavy atom. The molecule has 0 unspecified atom stereocenters. The minimum Gasteiger partial charge on any atom is -0.496 e. The van der Waals surface area contributed by atoms with Gasteiger partial charge in [0, 0.05) is 12.3 Å². The van der Waals surface area contributed by atoms with Gasteiger partial charge in [-0.15, -0.1) is 0 Å². The fraction of sp³-hybridized carbons (Fsp3) is 0.250. The predicted octanol–water partition coefficient (Wildman–Crippen LogP) is 2.50. The monoisotopic (exact) mass is 202 g/mol. The van der Waals surface area contributed by atoms with Crippen LogP contribution in [0.4, 0.5) is 0 Å². The quantitative estimate of drug-likeness (QED) is 0.748. The van der Waals surface area contributed by atoms with Gasteiger partial charge in [-0.2, -0.15) is 5.10 Å². The lowest BCUT2D eigenvalue weighted by atomic mass is 10.2. The lowest BCUT2D eigenvalue weighted by Crippen LogP contribution is -1.96. The van der Waals surface area contributed by atoms with Gasteiger partial charge in [-0.25, -0.2) is 4.68 Å². The molecule has 2 aromatic rings. The molecule has 0 saturated heterocycles. The molecule has 0 saturated carbocycles. The van der Waals surface area contributed by atoms with Crippen molar-refractivity contribution < 1.29 is 4.74 Å². The molecule has 0 radical (unpaired) electrons. The van der Waals surface area contributed by atoms with Crippen molar-refractivity contribution in [2.45, 2.75) is 13.8 Å². The first-order valence-corrected chi connectivity index (χ1v) is 4.87. The van der Waals surface area contributed by atoms with Gasteiger partial charge in [-0.3, -0.25) is 0 Å². The number of benzene rings is 1. The van der Waals surface area contributed by atoms with Gasteiger partial charge in [0.05, 0.1) is 19.0 Å². The zero-order valence-corrected chi connectivity index (χ0v) is 9.19. The van der Waals surface area contributed by atoms with Crippen LogP contribution < -0.4 is 4.74 Å². The normalized spacial score (nSPS) is 10.3. The number of hydrogen-bond donors (Lipinski definition) is 0. The molecular weight excluding hydrogens is 188 g/mol. The molecule has 0 aliphatic rings. The Hall–Kier alpha value is -1.77. The molecule has 1 aromatic heterocycles. The van der Waals surface area contributed by atoms with Gasteiger partial charge in [0.25, 0.3) is 0 Å². The molecule has 3 heteroatoms. The van der Waals surface area contributed by atoms with Gasteiger partial charge in [0.2, 0.25) is 0 Å². The van der Waals surface area contributed by atoms with Gasteiger partial charge < -0.3 is 4.74 Å². The number of methoxy groups -OCH3 is 1. The smallest absolute Gasteiger partial charge is 0.123 e. The van der Waals surface area contributed by atoms with Gasteiger partial charge in [0.15, 0.2) is 0 Å². The van der Waals surface area contributed by atoms with Crippen molar-refractivity contribution in [2.24, 2.45) is 0 Å². The average molecular weight is 202 g/mol. The molecule has 0 amide bonds. The molecular formula is C12H14N2O. The first-order chi connectivity index (χ1) is 7.20. The van der Waals surface area contributed by atoms with Crippen LogP contribution in [-0.4, -0.2) is 16.9 Å². The SMILES string of the molecule is COc1cc(-n2cc(C)cn2)ccc1C. The van der Waals surface area contributed by atoms with E-state index in [0.29, 0.717) is 0 Å². The highest BCUT2D eigenvalue weighted by Gasteiger charge is 2.02. The number of hydrogen-bond acceptors (Lipinski definition) is 2. The molecule has 0 aliphatic heterocycles.